The van der Waals surface area contributed by atoms with Crippen LogP contribution in [-0.2, 0) is 14.4 Å². The molecule has 0 spiro atoms. The smallest absolute Gasteiger partial charge is 0.238 e. The summed E-state index contributed by atoms with van der Waals surface area (Å²) in [4.78, 5) is 32.9. The summed E-state index contributed by atoms with van der Waals surface area (Å²) >= 11 is 0. The van der Waals surface area contributed by atoms with Gasteiger partial charge in [0.05, 0.1) is 35.4 Å². The van der Waals surface area contributed by atoms with E-state index in [0.717, 1.165) is 29.9 Å². The first-order chi connectivity index (χ1) is 17.6. The molecule has 4 rings (SSSR count). The largest absolute Gasteiger partial charge is 0.392 e. The average Bonchev–Trinajstić information content (AvgIpc) is 3.09. The fourth-order valence-electron chi connectivity index (χ4n) is 5.86. The van der Waals surface area contributed by atoms with E-state index >= 15 is 0 Å². The highest BCUT2D eigenvalue weighted by molar-refractivity contribution is 6.22. The Morgan fingerprint density at radius 2 is 1.84 bits per heavy atom. The molecule has 3 aliphatic rings. The molecule has 0 bridgehead atoms. The summed E-state index contributed by atoms with van der Waals surface area (Å²) in [5, 5.41) is 25.7. The van der Waals surface area contributed by atoms with Crippen LogP contribution in [0.2, 0.25) is 0 Å². The third-order valence-electron chi connectivity index (χ3n) is 7.71. The van der Waals surface area contributed by atoms with Crippen molar-refractivity contribution in [1.82, 2.24) is 0 Å². The van der Waals surface area contributed by atoms with Crippen molar-refractivity contribution in [3.05, 3.63) is 53.1 Å². The summed E-state index contributed by atoms with van der Waals surface area (Å²) in [6.45, 7) is 6.39. The molecule has 1 aromatic carbocycles. The molecule has 1 aromatic rings. The van der Waals surface area contributed by atoms with Crippen molar-refractivity contribution in [3.63, 3.8) is 0 Å². The monoisotopic (exact) mass is 516 g/mol. The average molecular weight is 517 g/mol. The van der Waals surface area contributed by atoms with E-state index < -0.39 is 53.4 Å². The number of halogens is 2. The van der Waals surface area contributed by atoms with Crippen LogP contribution in [0.1, 0.15) is 52.9 Å². The molecule has 0 aromatic heterocycles. The number of fused-ring (bicyclic) bond motifs is 3. The molecule has 2 N–H and O–H groups in total. The standard InChI is InChI=1S/C28H34F2N2O5/c1-15(2)5-4-6-16(3)11-12-37-31-21-14-23(33)26(34)24-18(21)8-9-19-25(24)28(36)32(27(19)35)22-10-7-17(29)13-20(22)30/h5,7,10-11,13,18-19,23-26,33-34H,4,6,8-9,12,14H2,1-3H3/t18-,19+,23+,24-,25+,26+/m0/s1. The first kappa shape index (κ1) is 27.1. The molecule has 0 unspecified atom stereocenters. The number of carbonyl (C=O) groups excluding carboxylic acids is 2. The fraction of sp³-hybridized carbons (Fsp3) is 0.536. The minimum absolute atomic E-state index is 0.0986. The molecule has 200 valence electrons. The van der Waals surface area contributed by atoms with E-state index in [1.165, 1.54) is 11.1 Å². The van der Waals surface area contributed by atoms with Crippen LogP contribution in [0.3, 0.4) is 0 Å². The van der Waals surface area contributed by atoms with Crippen LogP contribution in [0.5, 0.6) is 0 Å². The number of hydrogen-bond donors (Lipinski definition) is 2. The third kappa shape index (κ3) is 5.52. The second-order valence-electron chi connectivity index (χ2n) is 10.5. The number of imide groups is 1. The van der Waals surface area contributed by atoms with E-state index in [9.17, 15) is 28.6 Å². The summed E-state index contributed by atoms with van der Waals surface area (Å²) in [5.41, 5.74) is 2.67. The van der Waals surface area contributed by atoms with E-state index in [1.807, 2.05) is 13.0 Å². The maximum absolute atomic E-state index is 14.5. The van der Waals surface area contributed by atoms with Gasteiger partial charge in [0.1, 0.15) is 18.2 Å². The topological polar surface area (TPSA) is 99.4 Å². The van der Waals surface area contributed by atoms with E-state index in [-0.39, 0.29) is 24.6 Å². The van der Waals surface area contributed by atoms with Gasteiger partial charge in [-0.2, -0.15) is 0 Å². The van der Waals surface area contributed by atoms with E-state index in [4.69, 9.17) is 4.84 Å². The molecule has 0 radical (unpaired) electrons. The van der Waals surface area contributed by atoms with Gasteiger partial charge >= 0.3 is 0 Å². The fourth-order valence-corrected chi connectivity index (χ4v) is 5.86. The van der Waals surface area contributed by atoms with Gasteiger partial charge in [0, 0.05) is 24.3 Å². The highest BCUT2D eigenvalue weighted by atomic mass is 19.1. The Morgan fingerprint density at radius 3 is 2.54 bits per heavy atom. The lowest BCUT2D eigenvalue weighted by Crippen LogP contribution is -2.54. The molecule has 9 heteroatoms. The molecule has 3 fully saturated rings. The minimum Gasteiger partial charge on any atom is -0.392 e. The van der Waals surface area contributed by atoms with Gasteiger partial charge in [-0.05, 0) is 64.7 Å². The predicted octanol–water partition coefficient (Wildman–Crippen LogP) is 4.29. The molecule has 1 saturated heterocycles. The van der Waals surface area contributed by atoms with Crippen LogP contribution in [0, 0.1) is 35.3 Å². The van der Waals surface area contributed by atoms with Gasteiger partial charge in [0.25, 0.3) is 0 Å². The molecule has 37 heavy (non-hydrogen) atoms. The molecular weight excluding hydrogens is 482 g/mol. The Kier molecular flexibility index (Phi) is 8.23. The van der Waals surface area contributed by atoms with Crippen molar-refractivity contribution in [2.75, 3.05) is 11.5 Å². The quantitative estimate of drug-likeness (QED) is 0.244. The molecule has 2 amide bonds. The van der Waals surface area contributed by atoms with Crippen LogP contribution in [0.4, 0.5) is 14.5 Å². The van der Waals surface area contributed by atoms with Gasteiger partial charge < -0.3 is 15.1 Å². The number of aliphatic hydroxyl groups is 2. The Labute approximate surface area is 215 Å². The van der Waals surface area contributed by atoms with Crippen LogP contribution in [0.15, 0.2) is 46.7 Å². The first-order valence-corrected chi connectivity index (χ1v) is 12.8. The van der Waals surface area contributed by atoms with Gasteiger partial charge in [-0.25, -0.2) is 13.7 Å². The molecule has 6 atom stereocenters. The zero-order valence-electron chi connectivity index (χ0n) is 21.4. The number of nitrogens with zero attached hydrogens (tertiary/aromatic N) is 2. The Hall–Kier alpha value is -2.91. The summed E-state index contributed by atoms with van der Waals surface area (Å²) in [6, 6.07) is 2.68. The normalized spacial score (nSPS) is 30.8. The number of hydrogen-bond acceptors (Lipinski definition) is 6. The van der Waals surface area contributed by atoms with Crippen LogP contribution >= 0.6 is 0 Å². The van der Waals surface area contributed by atoms with Gasteiger partial charge in [-0.3, -0.25) is 9.59 Å². The van der Waals surface area contributed by atoms with Gasteiger partial charge in [0.15, 0.2) is 0 Å². The summed E-state index contributed by atoms with van der Waals surface area (Å²) < 4.78 is 27.9. The number of benzene rings is 1. The first-order valence-electron chi connectivity index (χ1n) is 12.8. The number of oxime groups is 1. The van der Waals surface area contributed by atoms with Crippen molar-refractivity contribution < 1.29 is 33.4 Å². The number of aliphatic hydroxyl groups excluding tert-OH is 2. The highest BCUT2D eigenvalue weighted by Crippen LogP contribution is 2.50. The number of allylic oxidation sites excluding steroid dienone is 3. The van der Waals surface area contributed by atoms with E-state index in [2.05, 4.69) is 25.1 Å². The number of anilines is 1. The highest BCUT2D eigenvalue weighted by Gasteiger charge is 2.60. The summed E-state index contributed by atoms with van der Waals surface area (Å²) in [7, 11) is 0. The number of rotatable bonds is 7. The number of carbonyl (C=O) groups is 2. The maximum Gasteiger partial charge on any atom is 0.238 e. The zero-order chi connectivity index (χ0) is 26.9. The third-order valence-corrected chi connectivity index (χ3v) is 7.71. The van der Waals surface area contributed by atoms with E-state index in [0.29, 0.717) is 24.6 Å². The molecular formula is C28H34F2N2O5. The van der Waals surface area contributed by atoms with Crippen LogP contribution in [-0.4, -0.2) is 46.6 Å². The van der Waals surface area contributed by atoms with Crippen molar-refractivity contribution in [3.8, 4) is 0 Å². The second kappa shape index (κ2) is 11.2. The summed E-state index contributed by atoms with van der Waals surface area (Å²) in [5.74, 6) is -5.89. The molecule has 1 heterocycles. The van der Waals surface area contributed by atoms with Gasteiger partial charge in [0.2, 0.25) is 11.8 Å². The second-order valence-corrected chi connectivity index (χ2v) is 10.5. The van der Waals surface area contributed by atoms with Crippen molar-refractivity contribution >= 4 is 23.2 Å². The zero-order valence-corrected chi connectivity index (χ0v) is 21.4. The predicted molar refractivity (Wildman–Crippen MR) is 134 cm³/mol. The Balaban J connectivity index is 1.51. The van der Waals surface area contributed by atoms with E-state index in [1.54, 1.807) is 0 Å². The Bertz CT molecular complexity index is 1140. The lowest BCUT2D eigenvalue weighted by molar-refractivity contribution is -0.132. The molecule has 1 aliphatic heterocycles. The van der Waals surface area contributed by atoms with Crippen LogP contribution in [0.25, 0.3) is 0 Å². The van der Waals surface area contributed by atoms with Crippen LogP contribution < -0.4 is 4.90 Å². The lowest BCUT2D eigenvalue weighted by atomic mass is 9.60. The lowest BCUT2D eigenvalue weighted by Gasteiger charge is -2.45. The van der Waals surface area contributed by atoms with Crippen molar-refractivity contribution in [1.29, 1.82) is 0 Å². The molecule has 2 aliphatic carbocycles. The summed E-state index contributed by atoms with van der Waals surface area (Å²) in [6.07, 6.45) is 4.46. The minimum atomic E-state index is -1.25. The maximum atomic E-state index is 14.5. The number of amides is 2. The van der Waals surface area contributed by atoms with Crippen molar-refractivity contribution in [2.45, 2.75) is 65.1 Å². The molecule has 7 nitrogen and oxygen atoms in total. The SMILES string of the molecule is CC(C)=CCCC(C)=CCON=C1C[C@@H](O)[C@@H](O)[C@@H]2[C@@H]3C(=O)N(c4ccc(F)cc4F)C(=O)[C@@H]3CC[C@@H]12. The van der Waals surface area contributed by atoms with Gasteiger partial charge in [-0.15, -0.1) is 0 Å². The van der Waals surface area contributed by atoms with Crippen molar-refractivity contribution in [2.24, 2.45) is 28.8 Å². The Morgan fingerprint density at radius 1 is 1.11 bits per heavy atom. The molecule has 2 saturated carbocycles. The van der Waals surface area contributed by atoms with Gasteiger partial charge in [-0.1, -0.05) is 22.4 Å².